The third kappa shape index (κ3) is 12.8. The number of fused-ring (bicyclic) bond motifs is 8. The van der Waals surface area contributed by atoms with Crippen molar-refractivity contribution in [1.82, 2.24) is 19.9 Å². The number of halogens is 2. The van der Waals surface area contributed by atoms with E-state index in [2.05, 4.69) is 92.7 Å². The minimum atomic E-state index is 0.245. The Morgan fingerprint density at radius 1 is 0.208 bits per heavy atom. The van der Waals surface area contributed by atoms with Crippen molar-refractivity contribution in [1.29, 1.82) is 0 Å². The van der Waals surface area contributed by atoms with E-state index >= 15 is 0 Å². The molecule has 0 atom stereocenters. The van der Waals surface area contributed by atoms with E-state index in [1.54, 1.807) is 48.5 Å². The zero-order chi connectivity index (χ0) is 49.5. The largest absolute Gasteiger partial charge is 0.508 e. The van der Waals surface area contributed by atoms with Crippen molar-refractivity contribution in [2.75, 3.05) is 0 Å². The van der Waals surface area contributed by atoms with Crippen LogP contribution in [0, 0.1) is 0 Å². The van der Waals surface area contributed by atoms with Crippen LogP contribution in [-0.4, -0.2) is 30.1 Å². The highest BCUT2D eigenvalue weighted by atomic mass is 35.5. The number of phenols is 2. The summed E-state index contributed by atoms with van der Waals surface area (Å²) in [5.74, 6) is 0.490. The van der Waals surface area contributed by atoms with Gasteiger partial charge in [0.2, 0.25) is 0 Å². The Morgan fingerprint density at radius 3 is 0.514 bits per heavy atom. The van der Waals surface area contributed by atoms with Crippen molar-refractivity contribution < 1.29 is 10.2 Å². The molecule has 2 N–H and O–H groups in total. The summed E-state index contributed by atoms with van der Waals surface area (Å²) in [5.41, 5.74) is 8.49. The molecule has 0 amide bonds. The van der Waals surface area contributed by atoms with Gasteiger partial charge in [0, 0.05) is 53.1 Å². The maximum Gasteiger partial charge on any atom is 0.115 e. The van der Waals surface area contributed by atoms with Crippen LogP contribution in [0.15, 0.2) is 267 Å². The molecule has 4 heterocycles. The highest BCUT2D eigenvalue weighted by molar-refractivity contribution is 6.30. The maximum atomic E-state index is 8.70. The number of phenolic OH excluding ortho intramolecular Hbond substituents is 2. The molecule has 4 aromatic heterocycles. The van der Waals surface area contributed by atoms with Crippen LogP contribution in [0.5, 0.6) is 11.5 Å². The van der Waals surface area contributed by atoms with Gasteiger partial charge in [-0.25, -0.2) is 19.9 Å². The monoisotopic (exact) mass is 972 g/mol. The predicted molar refractivity (Wildman–Crippen MR) is 303 cm³/mol. The first-order valence-corrected chi connectivity index (χ1v) is 23.9. The summed E-state index contributed by atoms with van der Waals surface area (Å²) >= 11 is 11.0. The molecule has 6 nitrogen and oxygen atoms in total. The molecule has 348 valence electrons. The van der Waals surface area contributed by atoms with Gasteiger partial charge >= 0.3 is 0 Å². The number of benzene rings is 10. The fourth-order valence-electron chi connectivity index (χ4n) is 7.76. The molecule has 0 unspecified atom stereocenters. The third-order valence-electron chi connectivity index (χ3n) is 11.4. The van der Waals surface area contributed by atoms with E-state index in [-0.39, 0.29) is 11.5 Å². The van der Waals surface area contributed by atoms with Gasteiger partial charge in [-0.1, -0.05) is 169 Å². The molecule has 8 heteroatoms. The smallest absolute Gasteiger partial charge is 0.115 e. The SMILES string of the molecule is Oc1ccc(Cl)cc1.Oc1ccc(Cl)cc1.c1ccc2nc3ccccc3cc2c1.c1ccc2nc3ccccc3cc2c1.c1ccc2nc3ccccc3cc2c1.c1ccc2nc3ccccc3cc2c1. The molecule has 0 aliphatic carbocycles. The van der Waals surface area contributed by atoms with Gasteiger partial charge in [0.25, 0.3) is 0 Å². The molecule has 0 aliphatic heterocycles. The molecule has 14 rings (SSSR count). The molecule has 0 spiro atoms. The minimum Gasteiger partial charge on any atom is -0.508 e. The van der Waals surface area contributed by atoms with Crippen LogP contribution in [0.1, 0.15) is 0 Å². The van der Waals surface area contributed by atoms with Gasteiger partial charge in [0.05, 0.1) is 44.1 Å². The molecule has 0 aliphatic rings. The van der Waals surface area contributed by atoms with Gasteiger partial charge in [0.15, 0.2) is 0 Å². The summed E-state index contributed by atoms with van der Waals surface area (Å²) in [5, 5.41) is 28.3. The highest BCUT2D eigenvalue weighted by Crippen LogP contribution is 2.22. The molecule has 14 aromatic rings. The summed E-state index contributed by atoms with van der Waals surface area (Å²) in [6, 6.07) is 87.0. The van der Waals surface area contributed by atoms with E-state index in [0.29, 0.717) is 10.0 Å². The number of aromatic nitrogens is 4. The van der Waals surface area contributed by atoms with Crippen LogP contribution >= 0.6 is 23.2 Å². The number of nitrogens with zero attached hydrogens (tertiary/aromatic N) is 4. The molecular formula is C64H46Cl2N4O2. The van der Waals surface area contributed by atoms with Crippen molar-refractivity contribution in [2.24, 2.45) is 0 Å². The fraction of sp³-hybridized carbons (Fsp3) is 0. The van der Waals surface area contributed by atoms with Crippen LogP contribution in [0.2, 0.25) is 10.0 Å². The number of pyridine rings is 4. The molecule has 0 saturated carbocycles. The lowest BCUT2D eigenvalue weighted by Crippen LogP contribution is -1.80. The van der Waals surface area contributed by atoms with E-state index in [0.717, 1.165) is 44.1 Å². The summed E-state index contributed by atoms with van der Waals surface area (Å²) in [6.07, 6.45) is 0. The second kappa shape index (κ2) is 23.6. The van der Waals surface area contributed by atoms with Gasteiger partial charge in [-0.2, -0.15) is 0 Å². The molecule has 0 radical (unpaired) electrons. The number of hydrogen-bond acceptors (Lipinski definition) is 6. The van der Waals surface area contributed by atoms with Crippen LogP contribution < -0.4 is 0 Å². The zero-order valence-corrected chi connectivity index (χ0v) is 40.4. The van der Waals surface area contributed by atoms with Crippen molar-refractivity contribution in [3.63, 3.8) is 0 Å². The maximum absolute atomic E-state index is 8.70. The van der Waals surface area contributed by atoms with Crippen molar-refractivity contribution in [3.8, 4) is 11.5 Å². The van der Waals surface area contributed by atoms with Gasteiger partial charge in [-0.15, -0.1) is 0 Å². The van der Waals surface area contributed by atoms with Gasteiger partial charge in [-0.3, -0.25) is 0 Å². The summed E-state index contributed by atoms with van der Waals surface area (Å²) in [6.45, 7) is 0. The summed E-state index contributed by atoms with van der Waals surface area (Å²) in [4.78, 5) is 18.3. The first-order valence-electron chi connectivity index (χ1n) is 23.2. The average molecular weight is 974 g/mol. The molecule has 0 bridgehead atoms. The number of hydrogen-bond donors (Lipinski definition) is 2. The summed E-state index contributed by atoms with van der Waals surface area (Å²) in [7, 11) is 0. The van der Waals surface area contributed by atoms with E-state index in [1.807, 2.05) is 146 Å². The lowest BCUT2D eigenvalue weighted by Gasteiger charge is -1.99. The van der Waals surface area contributed by atoms with Crippen LogP contribution in [0.3, 0.4) is 0 Å². The van der Waals surface area contributed by atoms with E-state index in [9.17, 15) is 0 Å². The van der Waals surface area contributed by atoms with Gasteiger partial charge in [-0.05, 0) is 121 Å². The lowest BCUT2D eigenvalue weighted by molar-refractivity contribution is 0.475. The van der Waals surface area contributed by atoms with Crippen molar-refractivity contribution in [2.45, 2.75) is 0 Å². The Labute approximate surface area is 426 Å². The standard InChI is InChI=1S/4C13H9N.2C6H5ClO/c4*1-3-7-12-10(5-1)9-11-6-2-4-8-13(11)14-12;2*7-5-1-3-6(8)4-2-5/h4*1-9H;2*1-4,8H. The minimum absolute atomic E-state index is 0.245. The predicted octanol–water partition coefficient (Wildman–Crippen LogP) is 17.6. The zero-order valence-electron chi connectivity index (χ0n) is 38.8. The molecule has 0 fully saturated rings. The van der Waals surface area contributed by atoms with Crippen molar-refractivity contribution >= 4 is 110 Å². The van der Waals surface area contributed by atoms with E-state index in [1.165, 1.54) is 43.1 Å². The second-order valence-electron chi connectivity index (χ2n) is 16.4. The first kappa shape index (κ1) is 48.1. The quantitative estimate of drug-likeness (QED) is 0.147. The molecule has 10 aromatic carbocycles. The van der Waals surface area contributed by atoms with Crippen molar-refractivity contribution in [3.05, 3.63) is 277 Å². The lowest BCUT2D eigenvalue weighted by atomic mass is 10.1. The fourth-order valence-corrected chi connectivity index (χ4v) is 8.01. The highest BCUT2D eigenvalue weighted by Gasteiger charge is 2.00. The van der Waals surface area contributed by atoms with Gasteiger partial charge < -0.3 is 10.2 Å². The summed E-state index contributed by atoms with van der Waals surface area (Å²) < 4.78 is 0. The second-order valence-corrected chi connectivity index (χ2v) is 17.3. The molecular weight excluding hydrogens is 928 g/mol. The molecule has 72 heavy (non-hydrogen) atoms. The normalized spacial score (nSPS) is 10.5. The molecule has 0 saturated heterocycles. The number of rotatable bonds is 0. The number of para-hydroxylation sites is 8. The van der Waals surface area contributed by atoms with Crippen LogP contribution in [0.25, 0.3) is 87.2 Å². The Bertz CT molecular complexity index is 3110. The first-order chi connectivity index (χ1) is 35.3. The van der Waals surface area contributed by atoms with Crippen LogP contribution in [-0.2, 0) is 0 Å². The third-order valence-corrected chi connectivity index (χ3v) is 11.9. The topological polar surface area (TPSA) is 92.0 Å². The average Bonchev–Trinajstić information content (AvgIpc) is 3.43. The van der Waals surface area contributed by atoms with Crippen LogP contribution in [0.4, 0.5) is 0 Å². The van der Waals surface area contributed by atoms with Gasteiger partial charge in [0.1, 0.15) is 11.5 Å². The van der Waals surface area contributed by atoms with E-state index < -0.39 is 0 Å². The van der Waals surface area contributed by atoms with E-state index in [4.69, 9.17) is 33.4 Å². The Morgan fingerprint density at radius 2 is 0.361 bits per heavy atom. The Balaban J connectivity index is 0.000000108. The Kier molecular flexibility index (Phi) is 15.8. The Hall–Kier alpha value is -8.94. The number of aromatic hydroxyl groups is 2.